The standard InChI is InChI=1S/C12H19F3N4O2S/c1-11(2)7-19(4-3-10(11)16)22(20,21)9-5-17-18(6-9)8-12(13,14)15/h5-6,10H,3-4,7-8,16H2,1-2H3. The summed E-state index contributed by atoms with van der Waals surface area (Å²) in [5.74, 6) is 0. The maximum Gasteiger partial charge on any atom is 0.408 e. The Morgan fingerprint density at radius 1 is 1.45 bits per heavy atom. The van der Waals surface area contributed by atoms with Gasteiger partial charge in [0.05, 0.1) is 6.20 Å². The number of aromatic nitrogens is 2. The maximum absolute atomic E-state index is 12.5. The molecular weight excluding hydrogens is 321 g/mol. The first-order valence-electron chi connectivity index (χ1n) is 6.77. The Bertz CT molecular complexity index is 639. The second-order valence-electron chi connectivity index (χ2n) is 6.21. The van der Waals surface area contributed by atoms with Crippen LogP contribution >= 0.6 is 0 Å². The number of sulfonamides is 1. The summed E-state index contributed by atoms with van der Waals surface area (Å²) in [5, 5.41) is 3.48. The van der Waals surface area contributed by atoms with Crippen LogP contribution in [0.15, 0.2) is 17.3 Å². The van der Waals surface area contributed by atoms with Gasteiger partial charge in [0.15, 0.2) is 0 Å². The number of hydrogen-bond donors (Lipinski definition) is 1. The van der Waals surface area contributed by atoms with Crippen molar-refractivity contribution in [1.82, 2.24) is 14.1 Å². The molecule has 2 rings (SSSR count). The highest BCUT2D eigenvalue weighted by atomic mass is 32.2. The molecule has 1 aromatic heterocycles. The number of nitrogens with zero attached hydrogens (tertiary/aromatic N) is 3. The first-order chi connectivity index (χ1) is 9.92. The predicted molar refractivity (Wildman–Crippen MR) is 73.4 cm³/mol. The summed E-state index contributed by atoms with van der Waals surface area (Å²) in [6, 6.07) is -0.119. The van der Waals surface area contributed by atoms with E-state index in [4.69, 9.17) is 5.73 Å². The van der Waals surface area contributed by atoms with Crippen LogP contribution in [-0.4, -0.2) is 47.8 Å². The molecule has 0 radical (unpaired) electrons. The molecular formula is C12H19F3N4O2S. The van der Waals surface area contributed by atoms with Gasteiger partial charge in [-0.3, -0.25) is 4.68 Å². The third kappa shape index (κ3) is 3.61. The lowest BCUT2D eigenvalue weighted by Crippen LogP contribution is -2.53. The molecule has 10 heteroatoms. The van der Waals surface area contributed by atoms with Crippen molar-refractivity contribution in [2.24, 2.45) is 11.1 Å². The lowest BCUT2D eigenvalue weighted by Gasteiger charge is -2.41. The van der Waals surface area contributed by atoms with Gasteiger partial charge in [0.2, 0.25) is 10.0 Å². The quantitative estimate of drug-likeness (QED) is 0.896. The smallest absolute Gasteiger partial charge is 0.327 e. The van der Waals surface area contributed by atoms with Gasteiger partial charge in [0.25, 0.3) is 0 Å². The number of rotatable bonds is 3. The number of alkyl halides is 3. The van der Waals surface area contributed by atoms with Crippen molar-refractivity contribution in [2.75, 3.05) is 13.1 Å². The van der Waals surface area contributed by atoms with Gasteiger partial charge in [0.1, 0.15) is 11.4 Å². The Morgan fingerprint density at radius 2 is 2.09 bits per heavy atom. The third-order valence-corrected chi connectivity index (χ3v) is 5.66. The van der Waals surface area contributed by atoms with Gasteiger partial charge in [-0.1, -0.05) is 13.8 Å². The average molecular weight is 340 g/mol. The molecule has 1 aliphatic rings. The monoisotopic (exact) mass is 340 g/mol. The van der Waals surface area contributed by atoms with Crippen molar-refractivity contribution in [3.63, 3.8) is 0 Å². The van der Waals surface area contributed by atoms with E-state index in [2.05, 4.69) is 5.10 Å². The summed E-state index contributed by atoms with van der Waals surface area (Å²) in [6.07, 6.45) is -2.09. The largest absolute Gasteiger partial charge is 0.408 e. The summed E-state index contributed by atoms with van der Waals surface area (Å²) >= 11 is 0. The van der Waals surface area contributed by atoms with Crippen molar-refractivity contribution < 1.29 is 21.6 Å². The Hall–Kier alpha value is -1.13. The lowest BCUT2D eigenvalue weighted by molar-refractivity contribution is -0.142. The predicted octanol–water partition coefficient (Wildman–Crippen LogP) is 1.19. The molecule has 1 saturated heterocycles. The van der Waals surface area contributed by atoms with Crippen molar-refractivity contribution in [3.8, 4) is 0 Å². The molecule has 0 aromatic carbocycles. The SMILES string of the molecule is CC1(C)CN(S(=O)(=O)c2cnn(CC(F)(F)F)c2)CCC1N. The zero-order chi connectivity index (χ0) is 16.8. The Labute approximate surface area is 127 Å². The molecule has 2 N–H and O–H groups in total. The summed E-state index contributed by atoms with van der Waals surface area (Å²) in [6.45, 7) is 2.88. The molecule has 0 amide bonds. The van der Waals surface area contributed by atoms with Crippen molar-refractivity contribution in [3.05, 3.63) is 12.4 Å². The molecule has 1 aromatic rings. The molecule has 0 bridgehead atoms. The fourth-order valence-electron chi connectivity index (χ4n) is 2.43. The van der Waals surface area contributed by atoms with Crippen LogP contribution in [0.1, 0.15) is 20.3 Å². The zero-order valence-corrected chi connectivity index (χ0v) is 13.2. The second kappa shape index (κ2) is 5.50. The minimum Gasteiger partial charge on any atom is -0.327 e. The third-order valence-electron chi connectivity index (χ3n) is 3.87. The molecule has 6 nitrogen and oxygen atoms in total. The van der Waals surface area contributed by atoms with Gasteiger partial charge in [-0.05, 0) is 11.8 Å². The summed E-state index contributed by atoms with van der Waals surface area (Å²) in [4.78, 5) is -0.233. The zero-order valence-electron chi connectivity index (χ0n) is 12.3. The van der Waals surface area contributed by atoms with E-state index in [0.29, 0.717) is 11.1 Å². The summed E-state index contributed by atoms with van der Waals surface area (Å²) < 4.78 is 63.8. The molecule has 1 fully saturated rings. The molecule has 1 atom stereocenters. The number of halogens is 3. The van der Waals surface area contributed by atoms with Gasteiger partial charge in [-0.2, -0.15) is 22.6 Å². The van der Waals surface area contributed by atoms with Crippen LogP contribution in [0.3, 0.4) is 0 Å². The molecule has 0 saturated carbocycles. The Kier molecular flexibility index (Phi) is 4.31. The van der Waals surface area contributed by atoms with Gasteiger partial charge in [-0.15, -0.1) is 0 Å². The summed E-state index contributed by atoms with van der Waals surface area (Å²) in [5.41, 5.74) is 5.57. The topological polar surface area (TPSA) is 81.2 Å². The van der Waals surface area contributed by atoms with Crippen LogP contribution in [0.25, 0.3) is 0 Å². The molecule has 126 valence electrons. The molecule has 0 aliphatic carbocycles. The van der Waals surface area contributed by atoms with Crippen LogP contribution in [0.2, 0.25) is 0 Å². The van der Waals surface area contributed by atoms with E-state index in [1.807, 2.05) is 13.8 Å². The van der Waals surface area contributed by atoms with E-state index >= 15 is 0 Å². The van der Waals surface area contributed by atoms with Gasteiger partial charge in [-0.25, -0.2) is 8.42 Å². The van der Waals surface area contributed by atoms with Crippen LogP contribution in [0, 0.1) is 5.41 Å². The normalized spacial score (nSPS) is 23.6. The van der Waals surface area contributed by atoms with Gasteiger partial charge in [0, 0.05) is 25.3 Å². The van der Waals surface area contributed by atoms with Crippen molar-refractivity contribution in [1.29, 1.82) is 0 Å². The first kappa shape index (κ1) is 17.2. The molecule has 2 heterocycles. The van der Waals surface area contributed by atoms with Gasteiger partial charge >= 0.3 is 6.18 Å². The fraction of sp³-hybridized carbons (Fsp3) is 0.750. The highest BCUT2D eigenvalue weighted by Crippen LogP contribution is 2.31. The van der Waals surface area contributed by atoms with Crippen LogP contribution in [0.5, 0.6) is 0 Å². The van der Waals surface area contributed by atoms with Crippen molar-refractivity contribution in [2.45, 2.75) is 43.9 Å². The minimum absolute atomic E-state index is 0.119. The fourth-order valence-corrected chi connectivity index (χ4v) is 4.01. The highest BCUT2D eigenvalue weighted by molar-refractivity contribution is 7.89. The van der Waals surface area contributed by atoms with Crippen LogP contribution in [0.4, 0.5) is 13.2 Å². The number of nitrogens with two attached hydrogens (primary N) is 1. The van der Waals surface area contributed by atoms with E-state index in [1.165, 1.54) is 4.31 Å². The van der Waals surface area contributed by atoms with E-state index in [9.17, 15) is 21.6 Å². The average Bonchev–Trinajstić information content (AvgIpc) is 2.79. The number of piperidine rings is 1. The molecule has 1 unspecified atom stereocenters. The lowest BCUT2D eigenvalue weighted by atomic mass is 9.81. The van der Waals surface area contributed by atoms with E-state index in [1.54, 1.807) is 0 Å². The maximum atomic E-state index is 12.5. The van der Waals surface area contributed by atoms with Crippen molar-refractivity contribution >= 4 is 10.0 Å². The Balaban J connectivity index is 2.21. The van der Waals surface area contributed by atoms with E-state index < -0.39 is 28.2 Å². The minimum atomic E-state index is -4.45. The van der Waals surface area contributed by atoms with E-state index in [0.717, 1.165) is 12.4 Å². The van der Waals surface area contributed by atoms with E-state index in [-0.39, 0.29) is 24.0 Å². The number of hydrogen-bond acceptors (Lipinski definition) is 4. The second-order valence-corrected chi connectivity index (χ2v) is 8.15. The van der Waals surface area contributed by atoms with Gasteiger partial charge < -0.3 is 5.73 Å². The molecule has 0 spiro atoms. The first-order valence-corrected chi connectivity index (χ1v) is 8.21. The summed E-state index contributed by atoms with van der Waals surface area (Å²) in [7, 11) is -3.86. The highest BCUT2D eigenvalue weighted by Gasteiger charge is 2.39. The van der Waals surface area contributed by atoms with Crippen LogP contribution in [-0.2, 0) is 16.6 Å². The molecule has 22 heavy (non-hydrogen) atoms. The molecule has 1 aliphatic heterocycles. The Morgan fingerprint density at radius 3 is 2.64 bits per heavy atom. The van der Waals surface area contributed by atoms with Crippen LogP contribution < -0.4 is 5.73 Å².